The van der Waals surface area contributed by atoms with Crippen molar-refractivity contribution in [3.05, 3.63) is 65.2 Å². The van der Waals surface area contributed by atoms with E-state index in [2.05, 4.69) is 35.3 Å². The number of nitrogens with zero attached hydrogens (tertiary/aromatic N) is 3. The summed E-state index contributed by atoms with van der Waals surface area (Å²) in [5, 5.41) is 4.92. The van der Waals surface area contributed by atoms with E-state index in [4.69, 9.17) is 11.6 Å². The number of aryl methyl sites for hydroxylation is 1. The number of benzene rings is 2. The quantitative estimate of drug-likeness (QED) is 0.738. The average molecular weight is 384 g/mol. The van der Waals surface area contributed by atoms with Gasteiger partial charge in [0.1, 0.15) is 0 Å². The zero-order valence-corrected chi connectivity index (χ0v) is 16.3. The number of anilines is 1. The minimum atomic E-state index is 0.0843. The molecule has 1 atom stereocenters. The summed E-state index contributed by atoms with van der Waals surface area (Å²) in [6, 6.07) is 18.3. The molecule has 2 aliphatic heterocycles. The van der Waals surface area contributed by atoms with Crippen molar-refractivity contribution in [3.63, 3.8) is 0 Å². The van der Waals surface area contributed by atoms with Crippen molar-refractivity contribution in [3.8, 4) is 0 Å². The molecule has 4 rings (SSSR count). The Morgan fingerprint density at radius 1 is 0.963 bits per heavy atom. The lowest BCUT2D eigenvalue weighted by atomic mass is 9.92. The van der Waals surface area contributed by atoms with Gasteiger partial charge in [-0.25, -0.2) is 9.80 Å². The minimum Gasteiger partial charge on any atom is -0.291 e. The van der Waals surface area contributed by atoms with Crippen LogP contribution in [0.5, 0.6) is 0 Å². The fraction of sp³-hybridized carbons (Fsp3) is 0.409. The van der Waals surface area contributed by atoms with E-state index in [1.807, 2.05) is 34.2 Å². The summed E-state index contributed by atoms with van der Waals surface area (Å²) in [6.07, 6.45) is 4.71. The van der Waals surface area contributed by atoms with Crippen molar-refractivity contribution in [1.82, 2.24) is 10.0 Å². The fourth-order valence-corrected chi connectivity index (χ4v) is 4.29. The second-order valence-corrected chi connectivity index (χ2v) is 7.92. The molecule has 2 fully saturated rings. The Bertz CT molecular complexity index is 765. The molecule has 142 valence electrons. The first-order valence-corrected chi connectivity index (χ1v) is 10.2. The van der Waals surface area contributed by atoms with Crippen LogP contribution >= 0.6 is 11.6 Å². The Morgan fingerprint density at radius 2 is 1.74 bits per heavy atom. The lowest BCUT2D eigenvalue weighted by Crippen LogP contribution is -2.49. The summed E-state index contributed by atoms with van der Waals surface area (Å²) in [5.41, 5.74) is 2.32. The van der Waals surface area contributed by atoms with Crippen LogP contribution in [0.15, 0.2) is 54.6 Å². The van der Waals surface area contributed by atoms with Crippen LogP contribution in [0.25, 0.3) is 0 Å². The molecule has 0 radical (unpaired) electrons. The fourth-order valence-electron chi connectivity index (χ4n) is 4.16. The van der Waals surface area contributed by atoms with Crippen LogP contribution in [0.4, 0.5) is 10.5 Å². The Morgan fingerprint density at radius 3 is 2.52 bits per heavy atom. The highest BCUT2D eigenvalue weighted by molar-refractivity contribution is 6.30. The SMILES string of the molecule is O=C1N(c2ccc(Cl)cc2)CCN1N1CCCC(CCc2ccccc2)C1. The van der Waals surface area contributed by atoms with Gasteiger partial charge in [0, 0.05) is 30.3 Å². The van der Waals surface area contributed by atoms with Gasteiger partial charge in [0.05, 0.1) is 6.54 Å². The molecule has 0 saturated carbocycles. The van der Waals surface area contributed by atoms with E-state index in [9.17, 15) is 4.79 Å². The molecule has 4 nitrogen and oxygen atoms in total. The molecule has 5 heteroatoms. The Labute approximate surface area is 166 Å². The van der Waals surface area contributed by atoms with Crippen molar-refractivity contribution in [2.75, 3.05) is 31.1 Å². The van der Waals surface area contributed by atoms with Crippen molar-refractivity contribution >= 4 is 23.3 Å². The van der Waals surface area contributed by atoms with Gasteiger partial charge in [-0.2, -0.15) is 0 Å². The molecule has 2 aromatic rings. The van der Waals surface area contributed by atoms with Gasteiger partial charge in [-0.1, -0.05) is 41.9 Å². The smallest absolute Gasteiger partial charge is 0.291 e. The molecule has 2 aliphatic rings. The summed E-state index contributed by atoms with van der Waals surface area (Å²) >= 11 is 5.97. The number of piperidine rings is 1. The minimum absolute atomic E-state index is 0.0843. The Kier molecular flexibility index (Phi) is 5.65. The third-order valence-corrected chi connectivity index (χ3v) is 5.90. The van der Waals surface area contributed by atoms with Crippen molar-refractivity contribution in [1.29, 1.82) is 0 Å². The Balaban J connectivity index is 1.35. The topological polar surface area (TPSA) is 26.8 Å². The molecule has 1 unspecified atom stereocenters. The number of hydrogen-bond acceptors (Lipinski definition) is 2. The molecular formula is C22H26ClN3O. The largest absolute Gasteiger partial charge is 0.339 e. The van der Waals surface area contributed by atoms with Gasteiger partial charge >= 0.3 is 6.03 Å². The summed E-state index contributed by atoms with van der Waals surface area (Å²) < 4.78 is 0. The monoisotopic (exact) mass is 383 g/mol. The number of hydrogen-bond donors (Lipinski definition) is 0. The highest BCUT2D eigenvalue weighted by Crippen LogP contribution is 2.27. The van der Waals surface area contributed by atoms with Crippen molar-refractivity contribution in [2.24, 2.45) is 5.92 Å². The van der Waals surface area contributed by atoms with Crippen LogP contribution in [0, 0.1) is 5.92 Å². The van der Waals surface area contributed by atoms with Crippen LogP contribution in [-0.2, 0) is 6.42 Å². The molecule has 0 N–H and O–H groups in total. The predicted molar refractivity (Wildman–Crippen MR) is 110 cm³/mol. The maximum absolute atomic E-state index is 13.0. The van der Waals surface area contributed by atoms with Gasteiger partial charge in [-0.05, 0) is 61.4 Å². The molecule has 2 saturated heterocycles. The van der Waals surface area contributed by atoms with Crippen LogP contribution in [0.3, 0.4) is 0 Å². The van der Waals surface area contributed by atoms with E-state index in [0.29, 0.717) is 10.9 Å². The molecule has 0 aliphatic carbocycles. The van der Waals surface area contributed by atoms with E-state index in [1.165, 1.54) is 18.4 Å². The summed E-state index contributed by atoms with van der Waals surface area (Å²) in [6.45, 7) is 3.44. The molecular weight excluding hydrogens is 358 g/mol. The number of halogens is 1. The first-order valence-electron chi connectivity index (χ1n) is 9.84. The van der Waals surface area contributed by atoms with E-state index < -0.39 is 0 Å². The standard InChI is InChI=1S/C22H26ClN3O/c23-20-10-12-21(13-11-20)25-15-16-26(22(25)27)24-14-4-7-19(17-24)9-8-18-5-2-1-3-6-18/h1-3,5-6,10-13,19H,4,7-9,14-17H2. The van der Waals surface area contributed by atoms with E-state index in [1.54, 1.807) is 0 Å². The van der Waals surface area contributed by atoms with E-state index in [0.717, 1.165) is 44.7 Å². The molecule has 2 heterocycles. The maximum atomic E-state index is 13.0. The van der Waals surface area contributed by atoms with Gasteiger partial charge in [-0.3, -0.25) is 9.91 Å². The zero-order valence-electron chi connectivity index (χ0n) is 15.6. The molecule has 2 aromatic carbocycles. The molecule has 0 bridgehead atoms. The number of carbonyl (C=O) groups is 1. The second kappa shape index (κ2) is 8.32. The van der Waals surface area contributed by atoms with Crippen molar-refractivity contribution in [2.45, 2.75) is 25.7 Å². The van der Waals surface area contributed by atoms with Gasteiger partial charge in [0.25, 0.3) is 0 Å². The summed E-state index contributed by atoms with van der Waals surface area (Å²) in [5.74, 6) is 0.649. The van der Waals surface area contributed by atoms with Gasteiger partial charge in [0.2, 0.25) is 0 Å². The first kappa shape index (κ1) is 18.3. The molecule has 27 heavy (non-hydrogen) atoms. The van der Waals surface area contributed by atoms with Gasteiger partial charge < -0.3 is 0 Å². The molecule has 0 aromatic heterocycles. The maximum Gasteiger partial charge on any atom is 0.339 e. The number of carbonyl (C=O) groups excluding carboxylic acids is 1. The summed E-state index contributed by atoms with van der Waals surface area (Å²) in [7, 11) is 0. The number of amides is 2. The van der Waals surface area contributed by atoms with E-state index in [-0.39, 0.29) is 6.03 Å². The lowest BCUT2D eigenvalue weighted by Gasteiger charge is -2.38. The third kappa shape index (κ3) is 4.28. The Hall–Kier alpha value is -2.04. The lowest BCUT2D eigenvalue weighted by molar-refractivity contribution is -0.00550. The molecule has 2 amide bonds. The number of rotatable bonds is 5. The van der Waals surface area contributed by atoms with Gasteiger partial charge in [-0.15, -0.1) is 0 Å². The van der Waals surface area contributed by atoms with Crippen LogP contribution < -0.4 is 4.90 Å². The zero-order chi connectivity index (χ0) is 18.6. The average Bonchev–Trinajstić information content (AvgIpc) is 3.09. The third-order valence-electron chi connectivity index (χ3n) is 5.65. The van der Waals surface area contributed by atoms with E-state index >= 15 is 0 Å². The van der Waals surface area contributed by atoms with Gasteiger partial charge in [0.15, 0.2) is 0 Å². The predicted octanol–water partition coefficient (Wildman–Crippen LogP) is 4.84. The number of urea groups is 1. The number of hydrazine groups is 1. The highest BCUT2D eigenvalue weighted by atomic mass is 35.5. The van der Waals surface area contributed by atoms with Crippen LogP contribution in [-0.4, -0.2) is 42.2 Å². The second-order valence-electron chi connectivity index (χ2n) is 7.48. The van der Waals surface area contributed by atoms with Crippen molar-refractivity contribution < 1.29 is 4.79 Å². The summed E-state index contributed by atoms with van der Waals surface area (Å²) in [4.78, 5) is 14.8. The highest BCUT2D eigenvalue weighted by Gasteiger charge is 2.35. The first-order chi connectivity index (χ1) is 13.2. The van der Waals surface area contributed by atoms with Crippen LogP contribution in [0.1, 0.15) is 24.8 Å². The normalized spacial score (nSPS) is 21.1. The van der Waals surface area contributed by atoms with Crippen LogP contribution in [0.2, 0.25) is 5.02 Å². The molecule has 0 spiro atoms.